The average Bonchev–Trinajstić information content (AvgIpc) is 3.14. The van der Waals surface area contributed by atoms with Crippen molar-refractivity contribution in [2.24, 2.45) is 4.99 Å². The minimum Gasteiger partial charge on any atom is -0.356 e. The number of rotatable bonds is 8. The predicted molar refractivity (Wildman–Crippen MR) is 113 cm³/mol. The average molecular weight is 388 g/mol. The smallest absolute Gasteiger partial charge is 0.253 e. The summed E-state index contributed by atoms with van der Waals surface area (Å²) >= 11 is 1.72. The first-order chi connectivity index (χ1) is 13.0. The number of carbonyl (C=O) groups excluding carboxylic acids is 1. The Labute approximate surface area is 165 Å². The zero-order valence-corrected chi connectivity index (χ0v) is 17.4. The number of aliphatic imine (C=N–C) groups is 1. The Morgan fingerprint density at radius 1 is 1.22 bits per heavy atom. The second kappa shape index (κ2) is 10.7. The molecule has 0 aliphatic rings. The van der Waals surface area contributed by atoms with Gasteiger partial charge in [-0.1, -0.05) is 19.1 Å². The molecular weight excluding hydrogens is 358 g/mol. The van der Waals surface area contributed by atoms with Crippen LogP contribution < -0.4 is 10.6 Å². The van der Waals surface area contributed by atoms with Gasteiger partial charge in [-0.3, -0.25) is 9.79 Å². The summed E-state index contributed by atoms with van der Waals surface area (Å²) < 4.78 is 0. The van der Waals surface area contributed by atoms with Crippen molar-refractivity contribution in [2.75, 3.05) is 34.2 Å². The van der Waals surface area contributed by atoms with Crippen molar-refractivity contribution in [2.45, 2.75) is 26.2 Å². The van der Waals surface area contributed by atoms with Crippen LogP contribution in [0.5, 0.6) is 0 Å². The summed E-state index contributed by atoms with van der Waals surface area (Å²) in [4.78, 5) is 22.5. The van der Waals surface area contributed by atoms with E-state index >= 15 is 0 Å². The van der Waals surface area contributed by atoms with E-state index in [1.807, 2.05) is 24.3 Å². The normalized spacial score (nSPS) is 11.3. The van der Waals surface area contributed by atoms with Gasteiger partial charge in [-0.15, -0.1) is 11.3 Å². The topological polar surface area (TPSA) is 69.6 Å². The number of hydrogen-bond acceptors (Lipinski definition) is 4. The molecule has 1 heterocycles. The van der Waals surface area contributed by atoms with Gasteiger partial charge in [0.15, 0.2) is 5.96 Å². The monoisotopic (exact) mass is 387 g/mol. The number of amides is 1. The first kappa shape index (κ1) is 20.9. The summed E-state index contributed by atoms with van der Waals surface area (Å²) in [6.07, 6.45) is 2.69. The zero-order valence-electron chi connectivity index (χ0n) is 16.6. The molecular formula is C20H29N5OS. The largest absolute Gasteiger partial charge is 0.356 e. The molecule has 2 aromatic rings. The summed E-state index contributed by atoms with van der Waals surface area (Å²) in [5, 5.41) is 9.94. The number of aromatic nitrogens is 1. The molecule has 2 N–H and O–H groups in total. The number of nitrogens with one attached hydrogen (secondary N) is 2. The Morgan fingerprint density at radius 2 is 1.96 bits per heavy atom. The number of hydrogen-bond donors (Lipinski definition) is 2. The highest BCUT2D eigenvalue weighted by Crippen LogP contribution is 2.10. The molecule has 0 atom stereocenters. The van der Waals surface area contributed by atoms with Gasteiger partial charge in [0.05, 0.1) is 10.7 Å². The Kier molecular flexibility index (Phi) is 8.26. The van der Waals surface area contributed by atoms with E-state index in [-0.39, 0.29) is 5.91 Å². The lowest BCUT2D eigenvalue weighted by molar-refractivity contribution is 0.0827. The van der Waals surface area contributed by atoms with Crippen LogP contribution in [0.4, 0.5) is 0 Å². The van der Waals surface area contributed by atoms with Gasteiger partial charge in [-0.05, 0) is 30.5 Å². The highest BCUT2D eigenvalue weighted by molar-refractivity contribution is 7.09. The second-order valence-electron chi connectivity index (χ2n) is 6.41. The van der Waals surface area contributed by atoms with Gasteiger partial charge in [0.2, 0.25) is 0 Å². The standard InChI is InChI=1S/C20H29N5OS/c1-5-18-24-17(14-27-18)10-12-23-20(21-2)22-11-9-15-7-6-8-16(13-15)19(26)25(3)4/h6-8,13-14H,5,9-12H2,1-4H3,(H2,21,22,23). The van der Waals surface area contributed by atoms with E-state index in [1.54, 1.807) is 37.4 Å². The van der Waals surface area contributed by atoms with E-state index in [9.17, 15) is 4.79 Å². The number of aryl methyl sites for hydroxylation is 1. The lowest BCUT2D eigenvalue weighted by Gasteiger charge is -2.13. The summed E-state index contributed by atoms with van der Waals surface area (Å²) in [6.45, 7) is 3.66. The third-order valence-corrected chi connectivity index (χ3v) is 5.13. The maximum atomic E-state index is 12.1. The molecule has 2 rings (SSSR count). The number of benzene rings is 1. The first-order valence-corrected chi connectivity index (χ1v) is 10.1. The minimum atomic E-state index is 0.0237. The number of guanidine groups is 1. The Hall–Kier alpha value is -2.41. The zero-order chi connectivity index (χ0) is 19.6. The molecule has 0 unspecified atom stereocenters. The third-order valence-electron chi connectivity index (χ3n) is 4.09. The quantitative estimate of drug-likeness (QED) is 0.539. The summed E-state index contributed by atoms with van der Waals surface area (Å²) in [6, 6.07) is 7.77. The van der Waals surface area contributed by atoms with E-state index < -0.39 is 0 Å². The van der Waals surface area contributed by atoms with Crippen molar-refractivity contribution >= 4 is 23.2 Å². The molecule has 27 heavy (non-hydrogen) atoms. The van der Waals surface area contributed by atoms with Crippen LogP contribution in [-0.2, 0) is 19.3 Å². The summed E-state index contributed by atoms with van der Waals surface area (Å²) in [5.74, 6) is 0.803. The highest BCUT2D eigenvalue weighted by atomic mass is 32.1. The first-order valence-electron chi connectivity index (χ1n) is 9.21. The summed E-state index contributed by atoms with van der Waals surface area (Å²) in [5.41, 5.74) is 2.97. The molecule has 1 aromatic carbocycles. The van der Waals surface area contributed by atoms with Crippen molar-refractivity contribution in [3.63, 3.8) is 0 Å². The lowest BCUT2D eigenvalue weighted by Crippen LogP contribution is -2.39. The summed E-state index contributed by atoms with van der Waals surface area (Å²) in [7, 11) is 5.30. The van der Waals surface area contributed by atoms with Gasteiger partial charge in [0.1, 0.15) is 0 Å². The Bertz CT molecular complexity index is 769. The Morgan fingerprint density at radius 3 is 2.59 bits per heavy atom. The molecule has 1 aromatic heterocycles. The van der Waals surface area contributed by atoms with Gasteiger partial charge >= 0.3 is 0 Å². The van der Waals surface area contributed by atoms with Crippen molar-refractivity contribution in [1.82, 2.24) is 20.5 Å². The molecule has 7 heteroatoms. The minimum absolute atomic E-state index is 0.0237. The molecule has 0 aliphatic heterocycles. The van der Waals surface area contributed by atoms with E-state index in [1.165, 1.54) is 5.01 Å². The van der Waals surface area contributed by atoms with Gasteiger partial charge in [0.25, 0.3) is 5.91 Å². The second-order valence-corrected chi connectivity index (χ2v) is 7.35. The van der Waals surface area contributed by atoms with Gasteiger partial charge in [-0.25, -0.2) is 4.98 Å². The third kappa shape index (κ3) is 6.67. The number of carbonyl (C=O) groups is 1. The molecule has 0 fully saturated rings. The molecule has 0 saturated heterocycles. The van der Waals surface area contributed by atoms with E-state index in [0.29, 0.717) is 0 Å². The van der Waals surface area contributed by atoms with Crippen LogP contribution in [0.3, 0.4) is 0 Å². The van der Waals surface area contributed by atoms with Crippen molar-refractivity contribution in [3.05, 3.63) is 51.5 Å². The molecule has 1 amide bonds. The fourth-order valence-corrected chi connectivity index (χ4v) is 3.38. The maximum absolute atomic E-state index is 12.1. The van der Waals surface area contributed by atoms with E-state index in [0.717, 1.165) is 55.1 Å². The Balaban J connectivity index is 1.76. The molecule has 146 valence electrons. The molecule has 0 bridgehead atoms. The van der Waals surface area contributed by atoms with Gasteiger partial charge < -0.3 is 15.5 Å². The van der Waals surface area contributed by atoms with Crippen molar-refractivity contribution in [3.8, 4) is 0 Å². The lowest BCUT2D eigenvalue weighted by atomic mass is 10.1. The van der Waals surface area contributed by atoms with Crippen LogP contribution in [0.25, 0.3) is 0 Å². The van der Waals surface area contributed by atoms with Crippen LogP contribution in [0.2, 0.25) is 0 Å². The molecule has 0 aliphatic carbocycles. The number of nitrogens with zero attached hydrogens (tertiary/aromatic N) is 3. The van der Waals surface area contributed by atoms with Gasteiger partial charge in [0, 0.05) is 51.6 Å². The van der Waals surface area contributed by atoms with E-state index in [2.05, 4.69) is 32.9 Å². The highest BCUT2D eigenvalue weighted by Gasteiger charge is 2.08. The van der Waals surface area contributed by atoms with Crippen LogP contribution in [0, 0.1) is 0 Å². The molecule has 6 nitrogen and oxygen atoms in total. The van der Waals surface area contributed by atoms with Crippen molar-refractivity contribution < 1.29 is 4.79 Å². The predicted octanol–water partition coefficient (Wildman–Crippen LogP) is 2.36. The molecule has 0 radical (unpaired) electrons. The fraction of sp³-hybridized carbons (Fsp3) is 0.450. The van der Waals surface area contributed by atoms with E-state index in [4.69, 9.17) is 0 Å². The SMILES string of the molecule is CCc1nc(CCNC(=NC)NCCc2cccc(C(=O)N(C)C)c2)cs1. The molecule has 0 spiro atoms. The fourth-order valence-electron chi connectivity index (χ4n) is 2.60. The molecule has 0 saturated carbocycles. The van der Waals surface area contributed by atoms with Gasteiger partial charge in [-0.2, -0.15) is 0 Å². The van der Waals surface area contributed by atoms with Crippen molar-refractivity contribution in [1.29, 1.82) is 0 Å². The maximum Gasteiger partial charge on any atom is 0.253 e. The van der Waals surface area contributed by atoms with Crippen LogP contribution in [-0.4, -0.2) is 56.0 Å². The van der Waals surface area contributed by atoms with Crippen LogP contribution >= 0.6 is 11.3 Å². The van der Waals surface area contributed by atoms with Crippen LogP contribution in [0.15, 0.2) is 34.6 Å². The number of thiazole rings is 1. The van der Waals surface area contributed by atoms with Crippen LogP contribution in [0.1, 0.15) is 33.5 Å².